The smallest absolute Gasteiger partial charge is 0.313 e. The minimum Gasteiger partial charge on any atom is -0.313 e. The number of aryl methyl sites for hydroxylation is 1. The Balaban J connectivity index is 1.93. The van der Waals surface area contributed by atoms with E-state index >= 15 is 0 Å². The highest BCUT2D eigenvalue weighted by molar-refractivity contribution is 7.99. The first kappa shape index (κ1) is 18.0. The van der Waals surface area contributed by atoms with E-state index in [1.54, 1.807) is 36.4 Å². The van der Waals surface area contributed by atoms with Crippen molar-refractivity contribution in [2.24, 2.45) is 0 Å². The van der Waals surface area contributed by atoms with Crippen LogP contribution in [0.4, 0.5) is 5.69 Å². The number of aromatic amines is 2. The summed E-state index contributed by atoms with van der Waals surface area (Å²) in [6.45, 7) is 1.87. The molecule has 0 aliphatic heterocycles. The van der Waals surface area contributed by atoms with Gasteiger partial charge in [-0.25, -0.2) is 13.2 Å². The summed E-state index contributed by atoms with van der Waals surface area (Å²) in [5.41, 5.74) is 0.142. The lowest BCUT2D eigenvalue weighted by Gasteiger charge is -2.12. The number of benzene rings is 2. The summed E-state index contributed by atoms with van der Waals surface area (Å²) in [5, 5.41) is 0. The van der Waals surface area contributed by atoms with Gasteiger partial charge in [0.05, 0.1) is 15.5 Å². The van der Waals surface area contributed by atoms with Gasteiger partial charge in [-0.15, -0.1) is 0 Å². The van der Waals surface area contributed by atoms with E-state index in [0.717, 1.165) is 17.3 Å². The zero-order valence-corrected chi connectivity index (χ0v) is 15.3. The molecule has 3 N–H and O–H groups in total. The summed E-state index contributed by atoms with van der Waals surface area (Å²) in [7, 11) is -3.77. The number of rotatable bonds is 5. The minimum atomic E-state index is -3.77. The highest BCUT2D eigenvalue weighted by atomic mass is 32.2. The van der Waals surface area contributed by atoms with Gasteiger partial charge >= 0.3 is 5.69 Å². The Morgan fingerprint density at radius 2 is 1.65 bits per heavy atom. The van der Waals surface area contributed by atoms with E-state index in [1.807, 2.05) is 6.92 Å². The lowest BCUT2D eigenvalue weighted by molar-refractivity contribution is 0.601. The van der Waals surface area contributed by atoms with E-state index < -0.39 is 21.3 Å². The molecule has 0 aliphatic rings. The summed E-state index contributed by atoms with van der Waals surface area (Å²) in [5.74, 6) is 0. The molecule has 0 radical (unpaired) electrons. The van der Waals surface area contributed by atoms with Crippen molar-refractivity contribution in [2.45, 2.75) is 21.6 Å². The molecule has 1 heterocycles. The van der Waals surface area contributed by atoms with Gasteiger partial charge in [0.15, 0.2) is 0 Å². The van der Waals surface area contributed by atoms with Gasteiger partial charge in [0.1, 0.15) is 0 Å². The number of anilines is 1. The third-order valence-electron chi connectivity index (χ3n) is 3.47. The standard InChI is InChI=1S/C17H15N3O4S2/c1-11-6-8-12(9-7-11)26(23,24)20-13-4-2-3-5-14(13)25-15-10-18-17(22)19-16(15)21/h2-10,20H,1H3,(H2,18,19,21,22). The molecular formula is C17H15N3O4S2. The van der Waals surface area contributed by atoms with Crippen molar-refractivity contribution in [3.8, 4) is 0 Å². The number of para-hydroxylation sites is 1. The minimum absolute atomic E-state index is 0.143. The van der Waals surface area contributed by atoms with Crippen molar-refractivity contribution >= 4 is 27.5 Å². The van der Waals surface area contributed by atoms with E-state index in [0.29, 0.717) is 10.6 Å². The monoisotopic (exact) mass is 389 g/mol. The molecule has 0 spiro atoms. The number of hydrogen-bond donors (Lipinski definition) is 3. The highest BCUT2D eigenvalue weighted by Crippen LogP contribution is 2.32. The molecule has 3 aromatic rings. The Bertz CT molecular complexity index is 1150. The van der Waals surface area contributed by atoms with Crippen LogP contribution in [0, 0.1) is 6.92 Å². The van der Waals surface area contributed by atoms with E-state index in [4.69, 9.17) is 0 Å². The molecule has 0 unspecified atom stereocenters. The maximum absolute atomic E-state index is 12.6. The van der Waals surface area contributed by atoms with Crippen LogP contribution in [0.5, 0.6) is 0 Å². The first-order valence-corrected chi connectivity index (χ1v) is 9.83. The van der Waals surface area contributed by atoms with Crippen LogP contribution < -0.4 is 16.0 Å². The molecule has 2 aromatic carbocycles. The molecule has 0 atom stereocenters. The molecule has 1 aromatic heterocycles. The fourth-order valence-electron chi connectivity index (χ4n) is 2.15. The number of sulfonamides is 1. The molecule has 0 saturated carbocycles. The first-order valence-electron chi connectivity index (χ1n) is 7.53. The third kappa shape index (κ3) is 4.06. The van der Waals surface area contributed by atoms with Crippen LogP contribution in [0.3, 0.4) is 0 Å². The molecule has 0 amide bonds. The van der Waals surface area contributed by atoms with Crippen molar-refractivity contribution in [3.63, 3.8) is 0 Å². The maximum atomic E-state index is 12.6. The molecule has 3 rings (SSSR count). The Morgan fingerprint density at radius 3 is 2.35 bits per heavy atom. The van der Waals surface area contributed by atoms with Crippen LogP contribution in [0.25, 0.3) is 0 Å². The van der Waals surface area contributed by atoms with E-state index in [9.17, 15) is 18.0 Å². The third-order valence-corrected chi connectivity index (χ3v) is 5.95. The van der Waals surface area contributed by atoms with Crippen molar-refractivity contribution < 1.29 is 8.42 Å². The van der Waals surface area contributed by atoms with Crippen molar-refractivity contribution in [2.75, 3.05) is 4.72 Å². The second-order valence-corrected chi connectivity index (χ2v) is 8.22. The molecule has 7 nitrogen and oxygen atoms in total. The van der Waals surface area contributed by atoms with E-state index in [2.05, 4.69) is 14.7 Å². The fraction of sp³-hybridized carbons (Fsp3) is 0.0588. The Hall–Kier alpha value is -2.78. The van der Waals surface area contributed by atoms with Gasteiger partial charge < -0.3 is 4.98 Å². The second-order valence-electron chi connectivity index (χ2n) is 5.45. The fourth-order valence-corrected chi connectivity index (χ4v) is 4.17. The molecular weight excluding hydrogens is 374 g/mol. The van der Waals surface area contributed by atoms with Crippen LogP contribution >= 0.6 is 11.8 Å². The lowest BCUT2D eigenvalue weighted by atomic mass is 10.2. The molecule has 0 aliphatic carbocycles. The predicted octanol–water partition coefficient (Wildman–Crippen LogP) is 2.32. The van der Waals surface area contributed by atoms with Gasteiger partial charge in [-0.05, 0) is 31.2 Å². The van der Waals surface area contributed by atoms with Crippen LogP contribution in [0.2, 0.25) is 0 Å². The van der Waals surface area contributed by atoms with Gasteiger partial charge in [0.25, 0.3) is 15.6 Å². The van der Waals surface area contributed by atoms with Crippen LogP contribution in [0.15, 0.2) is 79.0 Å². The number of nitrogens with one attached hydrogen (secondary N) is 3. The largest absolute Gasteiger partial charge is 0.325 e. The summed E-state index contributed by atoms with van der Waals surface area (Å²) < 4.78 is 27.7. The molecule has 0 fully saturated rings. The van der Waals surface area contributed by atoms with Crippen molar-refractivity contribution in [1.29, 1.82) is 0 Å². The summed E-state index contributed by atoms with van der Waals surface area (Å²) in [6, 6.07) is 13.2. The van der Waals surface area contributed by atoms with Gasteiger partial charge in [-0.2, -0.15) is 0 Å². The highest BCUT2D eigenvalue weighted by Gasteiger charge is 2.16. The van der Waals surface area contributed by atoms with E-state index in [-0.39, 0.29) is 9.79 Å². The van der Waals surface area contributed by atoms with Crippen LogP contribution in [-0.4, -0.2) is 18.4 Å². The van der Waals surface area contributed by atoms with Gasteiger partial charge in [-0.3, -0.25) is 14.5 Å². The molecule has 0 bridgehead atoms. The normalized spacial score (nSPS) is 11.3. The molecule has 134 valence electrons. The quantitative estimate of drug-likeness (QED) is 0.620. The predicted molar refractivity (Wildman–Crippen MR) is 100 cm³/mol. The van der Waals surface area contributed by atoms with Gasteiger partial charge in [0.2, 0.25) is 0 Å². The first-order chi connectivity index (χ1) is 12.3. The summed E-state index contributed by atoms with van der Waals surface area (Å²) >= 11 is 1.05. The topological polar surface area (TPSA) is 112 Å². The number of aromatic nitrogens is 2. The van der Waals surface area contributed by atoms with Gasteiger partial charge in [0, 0.05) is 11.1 Å². The lowest BCUT2D eigenvalue weighted by Crippen LogP contribution is -2.22. The zero-order valence-electron chi connectivity index (χ0n) is 13.6. The average Bonchev–Trinajstić information content (AvgIpc) is 2.59. The second kappa shape index (κ2) is 7.22. The van der Waals surface area contributed by atoms with Gasteiger partial charge in [-0.1, -0.05) is 41.6 Å². The summed E-state index contributed by atoms with van der Waals surface area (Å²) in [4.78, 5) is 28.4. The SMILES string of the molecule is Cc1ccc(S(=O)(=O)Nc2ccccc2Sc2c[nH]c(=O)[nH]c2=O)cc1. The van der Waals surface area contributed by atoms with Crippen molar-refractivity contribution in [1.82, 2.24) is 9.97 Å². The molecule has 0 saturated heterocycles. The summed E-state index contributed by atoms with van der Waals surface area (Å²) in [6.07, 6.45) is 1.29. The average molecular weight is 389 g/mol. The number of H-pyrrole nitrogens is 2. The molecule has 9 heteroatoms. The van der Waals surface area contributed by atoms with Crippen LogP contribution in [-0.2, 0) is 10.0 Å². The van der Waals surface area contributed by atoms with Crippen molar-refractivity contribution in [3.05, 3.63) is 81.1 Å². The molecule has 26 heavy (non-hydrogen) atoms. The Morgan fingerprint density at radius 1 is 0.962 bits per heavy atom. The zero-order chi connectivity index (χ0) is 18.7. The Kier molecular flexibility index (Phi) is 5.01. The Labute approximate surface area is 153 Å². The maximum Gasteiger partial charge on any atom is 0.325 e. The van der Waals surface area contributed by atoms with E-state index in [1.165, 1.54) is 18.3 Å². The van der Waals surface area contributed by atoms with Crippen LogP contribution in [0.1, 0.15) is 5.56 Å². The number of hydrogen-bond acceptors (Lipinski definition) is 5.